The molecule has 3 fully saturated rings. The Labute approximate surface area is 210 Å². The van der Waals surface area contributed by atoms with Gasteiger partial charge in [0, 0.05) is 37.0 Å². The predicted octanol–water partition coefficient (Wildman–Crippen LogP) is 2.91. The number of likely N-dealkylation sites (tertiary alicyclic amines) is 1. The normalized spacial score (nSPS) is 31.6. The van der Waals surface area contributed by atoms with Crippen LogP contribution in [0.15, 0.2) is 36.4 Å². The molecule has 188 valence electrons. The summed E-state index contributed by atoms with van der Waals surface area (Å²) in [5.74, 6) is -2.23. The molecule has 4 aliphatic rings. The number of benzene rings is 1. The van der Waals surface area contributed by atoms with Crippen LogP contribution in [0.5, 0.6) is 0 Å². The van der Waals surface area contributed by atoms with E-state index in [1.165, 1.54) is 6.42 Å². The van der Waals surface area contributed by atoms with Gasteiger partial charge in [-0.05, 0) is 37.5 Å². The number of halogens is 1. The Morgan fingerprint density at radius 3 is 2.77 bits per heavy atom. The Morgan fingerprint density at radius 2 is 2.03 bits per heavy atom. The molecule has 2 bridgehead atoms. The highest BCUT2D eigenvalue weighted by Crippen LogP contribution is 2.55. The maximum atomic E-state index is 13.8. The van der Waals surface area contributed by atoms with Gasteiger partial charge in [0.05, 0.1) is 17.9 Å². The highest BCUT2D eigenvalue weighted by Gasteiger charge is 2.72. The van der Waals surface area contributed by atoms with Crippen molar-refractivity contribution in [1.29, 1.82) is 0 Å². The number of methoxy groups -OCH3 is 1. The molecule has 0 aromatic heterocycles. The average molecular weight is 502 g/mol. The van der Waals surface area contributed by atoms with Gasteiger partial charge in [0.2, 0.25) is 17.7 Å². The van der Waals surface area contributed by atoms with Crippen LogP contribution in [0.4, 0.5) is 5.69 Å². The summed E-state index contributed by atoms with van der Waals surface area (Å²) in [6.45, 7) is 0.828. The maximum Gasteiger partial charge on any atom is 0.246 e. The molecule has 1 spiro atoms. The van der Waals surface area contributed by atoms with E-state index in [1.54, 1.807) is 36.3 Å². The molecule has 3 aliphatic heterocycles. The summed E-state index contributed by atoms with van der Waals surface area (Å²) in [4.78, 5) is 42.5. The molecular formula is C26H32ClN3O5. The number of carbonyl (C=O) groups is 3. The first-order valence-corrected chi connectivity index (χ1v) is 12.9. The molecule has 0 unspecified atom stereocenters. The molecule has 1 aromatic carbocycles. The molecular weight excluding hydrogens is 470 g/mol. The topological polar surface area (TPSA) is 97.0 Å². The number of hydrogen-bond acceptors (Lipinski definition) is 5. The Kier molecular flexibility index (Phi) is 6.88. The average Bonchev–Trinajstić information content (AvgIpc) is 3.47. The van der Waals surface area contributed by atoms with Gasteiger partial charge in [0.25, 0.3) is 0 Å². The molecule has 1 aromatic rings. The Hall–Kier alpha value is -2.42. The van der Waals surface area contributed by atoms with E-state index in [0.29, 0.717) is 30.3 Å². The molecule has 0 radical (unpaired) electrons. The van der Waals surface area contributed by atoms with Gasteiger partial charge < -0.3 is 25.0 Å². The minimum absolute atomic E-state index is 0.104. The number of fused-ring (bicyclic) bond motifs is 1. The highest BCUT2D eigenvalue weighted by molar-refractivity contribution is 6.30. The number of nitrogens with zero attached hydrogens (tertiary/aromatic N) is 1. The smallest absolute Gasteiger partial charge is 0.246 e. The van der Waals surface area contributed by atoms with Gasteiger partial charge in [-0.15, -0.1) is 0 Å². The highest BCUT2D eigenvalue weighted by atomic mass is 35.5. The first kappa shape index (κ1) is 24.3. The minimum atomic E-state index is -1.15. The van der Waals surface area contributed by atoms with E-state index in [-0.39, 0.29) is 23.8 Å². The monoisotopic (exact) mass is 501 g/mol. The lowest BCUT2D eigenvalue weighted by Crippen LogP contribution is -2.56. The second-order valence-corrected chi connectivity index (χ2v) is 10.4. The molecule has 1 saturated carbocycles. The van der Waals surface area contributed by atoms with Crippen molar-refractivity contribution in [3.8, 4) is 0 Å². The fraction of sp³-hybridized carbons (Fsp3) is 0.577. The number of hydrogen-bond donors (Lipinski definition) is 2. The number of ether oxygens (including phenoxy) is 2. The molecule has 5 rings (SSSR count). The van der Waals surface area contributed by atoms with E-state index in [4.69, 9.17) is 21.1 Å². The second kappa shape index (κ2) is 9.91. The lowest BCUT2D eigenvalue weighted by atomic mass is 9.74. The van der Waals surface area contributed by atoms with E-state index >= 15 is 0 Å². The van der Waals surface area contributed by atoms with Gasteiger partial charge in [0.15, 0.2) is 0 Å². The Bertz CT molecular complexity index is 1030. The third-order valence-corrected chi connectivity index (χ3v) is 7.95. The summed E-state index contributed by atoms with van der Waals surface area (Å²) in [6.07, 6.45) is 8.93. The van der Waals surface area contributed by atoms with Crippen LogP contribution in [0.1, 0.15) is 38.5 Å². The van der Waals surface area contributed by atoms with E-state index in [9.17, 15) is 14.4 Å². The lowest BCUT2D eigenvalue weighted by Gasteiger charge is -2.34. The molecule has 9 heteroatoms. The third kappa shape index (κ3) is 4.36. The fourth-order valence-electron chi connectivity index (χ4n) is 6.21. The summed E-state index contributed by atoms with van der Waals surface area (Å²) < 4.78 is 11.5. The molecule has 3 heterocycles. The van der Waals surface area contributed by atoms with E-state index < -0.39 is 29.6 Å². The molecule has 5 atom stereocenters. The van der Waals surface area contributed by atoms with Gasteiger partial charge in [-0.3, -0.25) is 14.4 Å². The Morgan fingerprint density at radius 1 is 1.23 bits per heavy atom. The number of rotatable bonds is 8. The van der Waals surface area contributed by atoms with Crippen molar-refractivity contribution < 1.29 is 23.9 Å². The van der Waals surface area contributed by atoms with E-state index in [0.717, 1.165) is 25.7 Å². The molecule has 3 amide bonds. The van der Waals surface area contributed by atoms with E-state index in [1.807, 2.05) is 12.2 Å². The van der Waals surface area contributed by atoms with Crippen LogP contribution >= 0.6 is 11.6 Å². The van der Waals surface area contributed by atoms with Crippen molar-refractivity contribution in [3.05, 3.63) is 41.4 Å². The molecule has 35 heavy (non-hydrogen) atoms. The largest absolute Gasteiger partial charge is 0.385 e. The first-order chi connectivity index (χ1) is 16.9. The zero-order valence-electron chi connectivity index (χ0n) is 19.9. The minimum Gasteiger partial charge on any atom is -0.385 e. The van der Waals surface area contributed by atoms with Crippen LogP contribution in [0.2, 0.25) is 5.02 Å². The van der Waals surface area contributed by atoms with Crippen molar-refractivity contribution in [2.24, 2.45) is 11.8 Å². The van der Waals surface area contributed by atoms with Crippen molar-refractivity contribution in [3.63, 3.8) is 0 Å². The molecule has 8 nitrogen and oxygen atoms in total. The standard InChI is InChI=1S/C26H32ClN3O5/c1-34-14-6-13-30-22(24(32)28-17-8-3-2-4-9-17)26-12-11-19(35-26)20(21(26)25(30)33)23(31)29-18-10-5-7-16(27)15-18/h5,7,10-12,15,17,19-22H,2-4,6,8-9,13-14H2,1H3,(H,28,32)(H,29,31)/t19-,20-,21-,22-,26+/m1/s1. The Balaban J connectivity index is 1.42. The number of anilines is 1. The zero-order chi connectivity index (χ0) is 24.6. The van der Waals surface area contributed by atoms with E-state index in [2.05, 4.69) is 10.6 Å². The van der Waals surface area contributed by atoms with Crippen LogP contribution < -0.4 is 10.6 Å². The van der Waals surface area contributed by atoms with Crippen molar-refractivity contribution >= 4 is 35.0 Å². The second-order valence-electron chi connectivity index (χ2n) is 9.92. The fourth-order valence-corrected chi connectivity index (χ4v) is 6.40. The summed E-state index contributed by atoms with van der Waals surface area (Å²) in [7, 11) is 1.61. The van der Waals surface area contributed by atoms with Crippen LogP contribution in [0.3, 0.4) is 0 Å². The molecule has 2 N–H and O–H groups in total. The van der Waals surface area contributed by atoms with Crippen molar-refractivity contribution in [2.75, 3.05) is 25.6 Å². The number of amides is 3. The van der Waals surface area contributed by atoms with Gasteiger partial charge >= 0.3 is 0 Å². The summed E-state index contributed by atoms with van der Waals surface area (Å²) >= 11 is 6.07. The maximum absolute atomic E-state index is 13.8. The van der Waals surface area contributed by atoms with Gasteiger partial charge in [-0.25, -0.2) is 0 Å². The molecule has 2 saturated heterocycles. The van der Waals surface area contributed by atoms with Crippen molar-refractivity contribution in [1.82, 2.24) is 10.2 Å². The SMILES string of the molecule is COCCCN1C(=O)[C@H]2[C@H](C(=O)Nc3cccc(Cl)c3)[C@H]3C=C[C@@]2(O3)[C@H]1C(=O)NC1CCCCC1. The van der Waals surface area contributed by atoms with Crippen LogP contribution in [0, 0.1) is 11.8 Å². The molecule has 1 aliphatic carbocycles. The summed E-state index contributed by atoms with van der Waals surface area (Å²) in [6, 6.07) is 6.17. The summed E-state index contributed by atoms with van der Waals surface area (Å²) in [5.41, 5.74) is -0.596. The van der Waals surface area contributed by atoms with Crippen molar-refractivity contribution in [2.45, 2.75) is 62.3 Å². The number of carbonyl (C=O) groups excluding carboxylic acids is 3. The van der Waals surface area contributed by atoms with Gasteiger partial charge in [-0.2, -0.15) is 0 Å². The summed E-state index contributed by atoms with van der Waals surface area (Å²) in [5, 5.41) is 6.58. The van der Waals surface area contributed by atoms with Gasteiger partial charge in [0.1, 0.15) is 11.6 Å². The quantitative estimate of drug-likeness (QED) is 0.421. The van der Waals surface area contributed by atoms with Gasteiger partial charge in [-0.1, -0.05) is 49.1 Å². The first-order valence-electron chi connectivity index (χ1n) is 12.5. The predicted molar refractivity (Wildman–Crippen MR) is 131 cm³/mol. The number of nitrogens with one attached hydrogen (secondary N) is 2. The van der Waals surface area contributed by atoms with Crippen LogP contribution in [-0.2, 0) is 23.9 Å². The van der Waals surface area contributed by atoms with Crippen LogP contribution in [-0.4, -0.2) is 66.7 Å². The van der Waals surface area contributed by atoms with Crippen LogP contribution in [0.25, 0.3) is 0 Å². The zero-order valence-corrected chi connectivity index (χ0v) is 20.6. The lowest BCUT2D eigenvalue weighted by molar-refractivity contribution is -0.141. The third-order valence-electron chi connectivity index (χ3n) is 7.72.